The zero-order chi connectivity index (χ0) is 20.6. The predicted molar refractivity (Wildman–Crippen MR) is 103 cm³/mol. The Morgan fingerprint density at radius 1 is 1.25 bits per heavy atom. The van der Waals surface area contributed by atoms with Crippen LogP contribution in [0.2, 0.25) is 10.0 Å². The molecule has 0 saturated heterocycles. The molecule has 2 heterocycles. The predicted octanol–water partition coefficient (Wildman–Crippen LogP) is 5.48. The van der Waals surface area contributed by atoms with E-state index >= 15 is 0 Å². The Morgan fingerprint density at radius 3 is 2.64 bits per heavy atom. The Balaban J connectivity index is 1.84. The Hall–Kier alpha value is -1.97. The van der Waals surface area contributed by atoms with Crippen LogP contribution in [0, 0.1) is 6.92 Å². The quantitative estimate of drug-likeness (QED) is 0.536. The first-order valence-corrected chi connectivity index (χ1v) is 9.55. The number of amides is 1. The van der Waals surface area contributed by atoms with Crippen molar-refractivity contribution in [2.45, 2.75) is 30.4 Å². The Labute approximate surface area is 172 Å². The van der Waals surface area contributed by atoms with Gasteiger partial charge in [-0.15, -0.1) is 10.2 Å². The number of aromatic nitrogens is 3. The molecule has 0 aliphatic heterocycles. The van der Waals surface area contributed by atoms with Gasteiger partial charge in [0.25, 0.3) is 0 Å². The average Bonchev–Trinajstić information content (AvgIpc) is 3.01. The van der Waals surface area contributed by atoms with Crippen LogP contribution < -0.4 is 5.32 Å². The van der Waals surface area contributed by atoms with E-state index in [1.807, 2.05) is 6.92 Å². The number of nitrogens with one attached hydrogen (secondary N) is 1. The van der Waals surface area contributed by atoms with Crippen LogP contribution in [-0.4, -0.2) is 25.8 Å². The van der Waals surface area contributed by atoms with E-state index in [0.717, 1.165) is 34.0 Å². The summed E-state index contributed by atoms with van der Waals surface area (Å²) in [5, 5.41) is 10.2. The maximum Gasteiger partial charge on any atom is 0.417 e. The number of pyridine rings is 1. The second kappa shape index (κ2) is 7.81. The van der Waals surface area contributed by atoms with E-state index in [-0.39, 0.29) is 21.7 Å². The lowest BCUT2D eigenvalue weighted by atomic mass is 10.2. The summed E-state index contributed by atoms with van der Waals surface area (Å²) in [5.74, 6) is -0.356. The highest BCUT2D eigenvalue weighted by molar-refractivity contribution is 8.00. The van der Waals surface area contributed by atoms with Crippen LogP contribution in [0.25, 0.3) is 5.65 Å². The first-order chi connectivity index (χ1) is 13.1. The van der Waals surface area contributed by atoms with Gasteiger partial charge in [0.15, 0.2) is 10.8 Å². The van der Waals surface area contributed by atoms with Gasteiger partial charge in [-0.2, -0.15) is 13.2 Å². The van der Waals surface area contributed by atoms with Crippen LogP contribution >= 0.6 is 35.0 Å². The zero-order valence-electron chi connectivity index (χ0n) is 14.5. The molecule has 5 nitrogen and oxygen atoms in total. The molecular weight excluding hydrogens is 436 g/mol. The lowest BCUT2D eigenvalue weighted by Crippen LogP contribution is -2.23. The van der Waals surface area contributed by atoms with Crippen LogP contribution in [0.1, 0.15) is 18.1 Å². The van der Waals surface area contributed by atoms with Gasteiger partial charge >= 0.3 is 6.18 Å². The van der Waals surface area contributed by atoms with E-state index in [0.29, 0.717) is 10.7 Å². The van der Waals surface area contributed by atoms with Crippen molar-refractivity contribution in [1.82, 2.24) is 14.6 Å². The highest BCUT2D eigenvalue weighted by Gasteiger charge is 2.32. The van der Waals surface area contributed by atoms with Crippen molar-refractivity contribution in [3.05, 3.63) is 51.6 Å². The van der Waals surface area contributed by atoms with Crippen molar-refractivity contribution in [1.29, 1.82) is 0 Å². The van der Waals surface area contributed by atoms with E-state index in [2.05, 4.69) is 15.5 Å². The van der Waals surface area contributed by atoms with Crippen molar-refractivity contribution >= 4 is 52.2 Å². The van der Waals surface area contributed by atoms with E-state index < -0.39 is 17.0 Å². The first kappa shape index (κ1) is 20.8. The minimum Gasteiger partial charge on any atom is -0.325 e. The number of fused-ring (bicyclic) bond motifs is 1. The van der Waals surface area contributed by atoms with E-state index in [4.69, 9.17) is 23.2 Å². The van der Waals surface area contributed by atoms with Crippen molar-refractivity contribution in [2.75, 3.05) is 5.32 Å². The van der Waals surface area contributed by atoms with E-state index in [9.17, 15) is 18.0 Å². The number of alkyl halides is 3. The summed E-state index contributed by atoms with van der Waals surface area (Å²) in [5.41, 5.74) is 0.525. The Bertz CT molecular complexity index is 1050. The van der Waals surface area contributed by atoms with Crippen molar-refractivity contribution < 1.29 is 18.0 Å². The molecule has 1 unspecified atom stereocenters. The number of aryl methyl sites for hydroxylation is 1. The molecule has 0 bridgehead atoms. The lowest BCUT2D eigenvalue weighted by Gasteiger charge is -2.13. The molecule has 2 aromatic heterocycles. The second-order valence-corrected chi connectivity index (χ2v) is 8.11. The zero-order valence-corrected chi connectivity index (χ0v) is 16.8. The summed E-state index contributed by atoms with van der Waals surface area (Å²) in [6.45, 7) is 3.42. The van der Waals surface area contributed by atoms with Gasteiger partial charge in [0, 0.05) is 16.9 Å². The summed E-state index contributed by atoms with van der Waals surface area (Å²) in [4.78, 5) is 12.5. The molecular formula is C17H13Cl2F3N4OS. The van der Waals surface area contributed by atoms with Crippen molar-refractivity contribution in [3.63, 3.8) is 0 Å². The van der Waals surface area contributed by atoms with Crippen molar-refractivity contribution in [3.8, 4) is 0 Å². The number of nitrogens with zero attached hydrogens (tertiary/aromatic N) is 3. The van der Waals surface area contributed by atoms with Gasteiger partial charge in [-0.3, -0.25) is 9.20 Å². The normalized spacial score (nSPS) is 13.0. The Morgan fingerprint density at radius 2 is 1.96 bits per heavy atom. The number of carbonyl (C=O) groups is 1. The number of halogens is 5. The molecule has 28 heavy (non-hydrogen) atoms. The molecule has 1 atom stereocenters. The largest absolute Gasteiger partial charge is 0.417 e. The number of hydrogen-bond acceptors (Lipinski definition) is 4. The molecule has 148 valence electrons. The second-order valence-electron chi connectivity index (χ2n) is 5.96. The third-order valence-corrected chi connectivity index (χ3v) is 5.43. The lowest BCUT2D eigenvalue weighted by molar-refractivity contribution is -0.137. The number of benzene rings is 1. The minimum atomic E-state index is -4.57. The fraction of sp³-hybridized carbons (Fsp3) is 0.235. The molecule has 1 aromatic carbocycles. The Kier molecular flexibility index (Phi) is 5.79. The minimum absolute atomic E-state index is 0.0791. The molecule has 0 spiro atoms. The standard InChI is InChI=1S/C17H13Cl2F3N4OS/c1-8-3-4-11(18)6-13(8)23-15(27)9(2)28-16-25-24-14-12(19)5-10(7-26(14)16)17(20,21)22/h3-7,9H,1-2H3,(H,23,27). The van der Waals surface area contributed by atoms with Gasteiger partial charge in [0.2, 0.25) is 5.91 Å². The molecule has 0 saturated carbocycles. The fourth-order valence-corrected chi connectivity index (χ4v) is 3.59. The highest BCUT2D eigenvalue weighted by atomic mass is 35.5. The summed E-state index contributed by atoms with van der Waals surface area (Å²) in [7, 11) is 0. The molecule has 3 rings (SSSR count). The number of rotatable bonds is 4. The van der Waals surface area contributed by atoms with Gasteiger partial charge in [0.05, 0.1) is 15.8 Å². The number of anilines is 1. The first-order valence-electron chi connectivity index (χ1n) is 7.91. The van der Waals surface area contributed by atoms with Crippen LogP contribution in [0.3, 0.4) is 0 Å². The third-order valence-electron chi connectivity index (χ3n) is 3.86. The summed E-state index contributed by atoms with van der Waals surface area (Å²) in [6, 6.07) is 5.88. The summed E-state index contributed by atoms with van der Waals surface area (Å²) >= 11 is 12.8. The van der Waals surface area contributed by atoms with Crippen LogP contribution in [-0.2, 0) is 11.0 Å². The summed E-state index contributed by atoms with van der Waals surface area (Å²) in [6.07, 6.45) is -3.72. The molecule has 0 aliphatic carbocycles. The summed E-state index contributed by atoms with van der Waals surface area (Å²) < 4.78 is 40.3. The molecule has 0 aliphatic rings. The van der Waals surface area contributed by atoms with E-state index in [1.54, 1.807) is 25.1 Å². The maximum atomic E-state index is 13.0. The van der Waals surface area contributed by atoms with Gasteiger partial charge in [-0.1, -0.05) is 41.0 Å². The van der Waals surface area contributed by atoms with Gasteiger partial charge in [-0.05, 0) is 37.6 Å². The molecule has 1 N–H and O–H groups in total. The van der Waals surface area contributed by atoms with E-state index in [1.165, 1.54) is 0 Å². The molecule has 0 fully saturated rings. The van der Waals surface area contributed by atoms with Crippen LogP contribution in [0.5, 0.6) is 0 Å². The average molecular weight is 449 g/mol. The molecule has 11 heteroatoms. The highest BCUT2D eigenvalue weighted by Crippen LogP contribution is 2.34. The number of hydrogen-bond donors (Lipinski definition) is 1. The maximum absolute atomic E-state index is 13.0. The van der Waals surface area contributed by atoms with Crippen molar-refractivity contribution in [2.24, 2.45) is 0 Å². The molecule has 1 amide bonds. The fourth-order valence-electron chi connectivity index (χ4n) is 2.34. The topological polar surface area (TPSA) is 59.3 Å². The van der Waals surface area contributed by atoms with Crippen LogP contribution in [0.4, 0.5) is 18.9 Å². The molecule has 0 radical (unpaired) electrons. The van der Waals surface area contributed by atoms with Crippen LogP contribution in [0.15, 0.2) is 35.6 Å². The number of thioether (sulfide) groups is 1. The number of carbonyl (C=O) groups excluding carboxylic acids is 1. The smallest absolute Gasteiger partial charge is 0.325 e. The third kappa shape index (κ3) is 4.37. The van der Waals surface area contributed by atoms with Gasteiger partial charge < -0.3 is 5.32 Å². The SMILES string of the molecule is Cc1ccc(Cl)cc1NC(=O)C(C)Sc1nnc2c(Cl)cc(C(F)(F)F)cn12. The molecule has 3 aromatic rings. The monoisotopic (exact) mass is 448 g/mol. The van der Waals surface area contributed by atoms with Gasteiger partial charge in [0.1, 0.15) is 0 Å². The van der Waals surface area contributed by atoms with Gasteiger partial charge in [-0.25, -0.2) is 0 Å².